The number of hydrogen-bond donors (Lipinski definition) is 0. The molecule has 34 heavy (non-hydrogen) atoms. The summed E-state index contributed by atoms with van der Waals surface area (Å²) in [5, 5.41) is 0.521. The number of hydrogen-bond acceptors (Lipinski definition) is 5. The Morgan fingerprint density at radius 3 is 2.53 bits per heavy atom. The number of carbonyl (C=O) groups is 2. The second-order valence-corrected chi connectivity index (χ2v) is 10.4. The van der Waals surface area contributed by atoms with Crippen LogP contribution in [0, 0.1) is 11.7 Å². The van der Waals surface area contributed by atoms with Crippen molar-refractivity contribution in [3.8, 4) is 0 Å². The molecule has 0 bridgehead atoms. The Kier molecular flexibility index (Phi) is 7.02. The smallest absolute Gasteiger partial charge is 0.309 e. The van der Waals surface area contributed by atoms with Crippen molar-refractivity contribution in [1.29, 1.82) is 0 Å². The maximum Gasteiger partial charge on any atom is 0.309 e. The van der Waals surface area contributed by atoms with Crippen LogP contribution in [0.1, 0.15) is 25.3 Å². The Balaban J connectivity index is 1.53. The fourth-order valence-corrected chi connectivity index (χ4v) is 5.96. The van der Waals surface area contributed by atoms with E-state index in [4.69, 9.17) is 4.74 Å². The molecule has 0 spiro atoms. The summed E-state index contributed by atoms with van der Waals surface area (Å²) in [5.41, 5.74) is 0.993. The lowest BCUT2D eigenvalue weighted by atomic mass is 9.97. The van der Waals surface area contributed by atoms with Gasteiger partial charge in [-0.25, -0.2) is 12.8 Å². The number of esters is 1. The van der Waals surface area contributed by atoms with Gasteiger partial charge >= 0.3 is 5.97 Å². The summed E-state index contributed by atoms with van der Waals surface area (Å²) in [6.45, 7) is 2.99. The summed E-state index contributed by atoms with van der Waals surface area (Å²) in [4.78, 5) is 26.8. The summed E-state index contributed by atoms with van der Waals surface area (Å²) < 4.78 is 46.7. The van der Waals surface area contributed by atoms with Crippen LogP contribution in [0.4, 0.5) is 4.39 Å². The van der Waals surface area contributed by atoms with E-state index < -0.39 is 15.7 Å². The Bertz CT molecular complexity index is 1310. The van der Waals surface area contributed by atoms with Gasteiger partial charge in [-0.3, -0.25) is 9.59 Å². The predicted octanol–water partition coefficient (Wildman–Crippen LogP) is 3.56. The van der Waals surface area contributed by atoms with Crippen LogP contribution >= 0.6 is 0 Å². The maximum atomic E-state index is 13.6. The van der Waals surface area contributed by atoms with E-state index in [-0.39, 0.29) is 35.0 Å². The number of para-hydroxylation sites is 1. The predicted molar refractivity (Wildman–Crippen MR) is 125 cm³/mol. The van der Waals surface area contributed by atoms with E-state index >= 15 is 0 Å². The Morgan fingerprint density at radius 2 is 1.82 bits per heavy atom. The standard InChI is InChI=1S/C25H27FN2O5S/c1-2-33-25(30)19-10-12-27(13-11-19)24(29)16-28-15-23(21-8-3-4-9-22(21)28)34(31,32)17-18-6-5-7-20(26)14-18/h3-9,14-15,19H,2,10-13,16-17H2,1H3. The molecule has 1 amide bonds. The van der Waals surface area contributed by atoms with Crippen molar-refractivity contribution in [1.82, 2.24) is 9.47 Å². The van der Waals surface area contributed by atoms with Gasteiger partial charge in [0.1, 0.15) is 12.4 Å². The van der Waals surface area contributed by atoms with Gasteiger partial charge in [0.2, 0.25) is 5.91 Å². The number of amides is 1. The highest BCUT2D eigenvalue weighted by atomic mass is 32.2. The molecule has 180 valence electrons. The van der Waals surface area contributed by atoms with E-state index in [1.165, 1.54) is 24.4 Å². The first-order valence-electron chi connectivity index (χ1n) is 11.3. The summed E-state index contributed by atoms with van der Waals surface area (Å²) in [6, 6.07) is 12.5. The topological polar surface area (TPSA) is 85.7 Å². The van der Waals surface area contributed by atoms with Crippen molar-refractivity contribution in [3.63, 3.8) is 0 Å². The molecule has 0 N–H and O–H groups in total. The van der Waals surface area contributed by atoms with Crippen LogP contribution in [-0.2, 0) is 36.5 Å². The summed E-state index contributed by atoms with van der Waals surface area (Å²) in [5.74, 6) is -1.40. The van der Waals surface area contributed by atoms with Crippen LogP contribution in [0.5, 0.6) is 0 Å². The molecule has 9 heteroatoms. The molecular formula is C25H27FN2O5S. The molecule has 0 aliphatic carbocycles. The lowest BCUT2D eigenvalue weighted by Gasteiger charge is -2.31. The quantitative estimate of drug-likeness (QED) is 0.477. The molecule has 2 aromatic carbocycles. The number of halogens is 1. The number of rotatable bonds is 7. The number of ether oxygens (including phenoxy) is 1. The largest absolute Gasteiger partial charge is 0.466 e. The molecule has 0 radical (unpaired) electrons. The van der Waals surface area contributed by atoms with E-state index in [2.05, 4.69) is 0 Å². The molecule has 7 nitrogen and oxygen atoms in total. The average molecular weight is 487 g/mol. The van der Waals surface area contributed by atoms with Gasteiger partial charge in [-0.1, -0.05) is 30.3 Å². The molecule has 1 fully saturated rings. The Morgan fingerprint density at radius 1 is 1.09 bits per heavy atom. The molecule has 0 saturated carbocycles. The average Bonchev–Trinajstić information content (AvgIpc) is 3.18. The van der Waals surface area contributed by atoms with Gasteiger partial charge in [0, 0.05) is 30.2 Å². The van der Waals surface area contributed by atoms with E-state index in [0.717, 1.165) is 0 Å². The molecule has 0 unspecified atom stereocenters. The highest BCUT2D eigenvalue weighted by molar-refractivity contribution is 7.90. The van der Waals surface area contributed by atoms with Gasteiger partial charge in [-0.15, -0.1) is 0 Å². The highest BCUT2D eigenvalue weighted by Crippen LogP contribution is 2.29. The first-order valence-corrected chi connectivity index (χ1v) is 12.9. The van der Waals surface area contributed by atoms with Crippen molar-refractivity contribution in [3.05, 3.63) is 66.1 Å². The monoisotopic (exact) mass is 486 g/mol. The number of benzene rings is 2. The van der Waals surface area contributed by atoms with Gasteiger partial charge < -0.3 is 14.2 Å². The molecular weight excluding hydrogens is 459 g/mol. The van der Waals surface area contributed by atoms with Crippen molar-refractivity contribution >= 4 is 32.6 Å². The van der Waals surface area contributed by atoms with Crippen LogP contribution in [0.25, 0.3) is 10.9 Å². The lowest BCUT2D eigenvalue weighted by Crippen LogP contribution is -2.42. The van der Waals surface area contributed by atoms with E-state index in [0.29, 0.717) is 49.0 Å². The number of carbonyl (C=O) groups excluding carboxylic acids is 2. The van der Waals surface area contributed by atoms with Crippen molar-refractivity contribution in [2.75, 3.05) is 19.7 Å². The summed E-state index contributed by atoms with van der Waals surface area (Å²) >= 11 is 0. The second-order valence-electron chi connectivity index (χ2n) is 8.43. The number of fused-ring (bicyclic) bond motifs is 1. The number of nitrogens with zero attached hydrogens (tertiary/aromatic N) is 2. The first kappa shape index (κ1) is 23.9. The Labute approximate surface area is 198 Å². The molecule has 3 aromatic rings. The fourth-order valence-electron chi connectivity index (χ4n) is 4.39. The fraction of sp³-hybridized carbons (Fsp3) is 0.360. The summed E-state index contributed by atoms with van der Waals surface area (Å²) in [6.07, 6.45) is 2.58. The molecule has 1 saturated heterocycles. The van der Waals surface area contributed by atoms with Crippen LogP contribution in [-0.4, -0.2) is 49.5 Å². The SMILES string of the molecule is CCOC(=O)C1CCN(C(=O)Cn2cc(S(=O)(=O)Cc3cccc(F)c3)c3ccccc32)CC1. The third-order valence-corrected chi connectivity index (χ3v) is 7.81. The molecule has 1 aliphatic rings. The highest BCUT2D eigenvalue weighted by Gasteiger charge is 2.29. The number of aromatic nitrogens is 1. The van der Waals surface area contributed by atoms with Crippen LogP contribution < -0.4 is 0 Å². The van der Waals surface area contributed by atoms with Crippen LogP contribution in [0.15, 0.2) is 59.6 Å². The number of sulfone groups is 1. The van der Waals surface area contributed by atoms with E-state index in [9.17, 15) is 22.4 Å². The van der Waals surface area contributed by atoms with E-state index in [1.54, 1.807) is 46.7 Å². The van der Waals surface area contributed by atoms with Gasteiger partial charge in [-0.2, -0.15) is 0 Å². The molecule has 0 atom stereocenters. The minimum atomic E-state index is -3.78. The summed E-state index contributed by atoms with van der Waals surface area (Å²) in [7, 11) is -3.78. The van der Waals surface area contributed by atoms with Gasteiger partial charge in [0.15, 0.2) is 9.84 Å². The van der Waals surface area contributed by atoms with Gasteiger partial charge in [0.05, 0.1) is 23.2 Å². The zero-order chi connectivity index (χ0) is 24.3. The normalized spacial score (nSPS) is 14.9. The first-order chi connectivity index (χ1) is 16.3. The second kappa shape index (κ2) is 9.97. The molecule has 2 heterocycles. The third-order valence-electron chi connectivity index (χ3n) is 6.11. The van der Waals surface area contributed by atoms with Crippen molar-refractivity contribution in [2.24, 2.45) is 5.92 Å². The zero-order valence-electron chi connectivity index (χ0n) is 18.9. The van der Waals surface area contributed by atoms with Crippen LogP contribution in [0.2, 0.25) is 0 Å². The number of piperidine rings is 1. The molecule has 1 aromatic heterocycles. The van der Waals surface area contributed by atoms with Gasteiger partial charge in [0.25, 0.3) is 0 Å². The number of likely N-dealkylation sites (tertiary alicyclic amines) is 1. The molecule has 4 rings (SSSR count). The van der Waals surface area contributed by atoms with Crippen molar-refractivity contribution in [2.45, 2.75) is 37.0 Å². The van der Waals surface area contributed by atoms with E-state index in [1.807, 2.05) is 0 Å². The Hall–Kier alpha value is -3.20. The zero-order valence-corrected chi connectivity index (χ0v) is 19.8. The van der Waals surface area contributed by atoms with Crippen molar-refractivity contribution < 1.29 is 27.1 Å². The van der Waals surface area contributed by atoms with Crippen LogP contribution in [0.3, 0.4) is 0 Å². The minimum Gasteiger partial charge on any atom is -0.466 e. The molecule has 1 aliphatic heterocycles. The van der Waals surface area contributed by atoms with Gasteiger partial charge in [-0.05, 0) is 43.5 Å². The maximum absolute atomic E-state index is 13.6. The minimum absolute atomic E-state index is 0.0138. The third kappa shape index (κ3) is 5.14. The lowest BCUT2D eigenvalue weighted by molar-refractivity contribution is -0.151.